The van der Waals surface area contributed by atoms with Gasteiger partial charge in [0.05, 0.1) is 5.56 Å². The molecule has 1 aromatic carbocycles. The fourth-order valence-corrected chi connectivity index (χ4v) is 1.16. The number of aromatic nitrogens is 1. The average Bonchev–Trinajstić information content (AvgIpc) is 2.39. The Hall–Kier alpha value is -2.14. The molecule has 0 fully saturated rings. The number of pyridine rings is 1. The summed E-state index contributed by atoms with van der Waals surface area (Å²) in [5.74, 6) is -0.429. The average molecular weight is 269 g/mol. The lowest BCUT2D eigenvalue weighted by atomic mass is 10.3. The van der Waals surface area contributed by atoms with Crippen molar-refractivity contribution in [3.05, 3.63) is 60.2 Å². The van der Waals surface area contributed by atoms with Crippen molar-refractivity contribution in [3.63, 3.8) is 0 Å². The summed E-state index contributed by atoms with van der Waals surface area (Å²) in [6.07, 6.45) is 2.99. The maximum atomic E-state index is 12.6. The summed E-state index contributed by atoms with van der Waals surface area (Å²) in [5.41, 5.74) is 2.62. The Morgan fingerprint density at radius 3 is 2.56 bits per heavy atom. The van der Waals surface area contributed by atoms with Crippen molar-refractivity contribution in [2.45, 2.75) is 0 Å². The smallest absolute Gasteiger partial charge is 0.285 e. The van der Waals surface area contributed by atoms with Crippen molar-refractivity contribution in [2.24, 2.45) is 0 Å². The van der Waals surface area contributed by atoms with E-state index < -0.39 is 5.91 Å². The van der Waals surface area contributed by atoms with Crippen LogP contribution in [0.4, 0.5) is 4.39 Å². The van der Waals surface area contributed by atoms with E-state index in [0.717, 1.165) is 0 Å². The third kappa shape index (κ3) is 3.71. The molecule has 0 bridgehead atoms. The molecule has 0 unspecified atom stereocenters. The Morgan fingerprint density at radius 2 is 1.94 bits per heavy atom. The second-order valence-corrected chi connectivity index (χ2v) is 3.23. The van der Waals surface area contributed by atoms with Crippen molar-refractivity contribution >= 4 is 18.3 Å². The van der Waals surface area contributed by atoms with Crippen molar-refractivity contribution in [3.8, 4) is 5.75 Å². The van der Waals surface area contributed by atoms with Gasteiger partial charge in [0, 0.05) is 12.4 Å². The third-order valence-electron chi connectivity index (χ3n) is 2.00. The van der Waals surface area contributed by atoms with Crippen LogP contribution in [0.25, 0.3) is 0 Å². The second kappa shape index (κ2) is 6.56. The molecule has 2 rings (SSSR count). The van der Waals surface area contributed by atoms with Crippen LogP contribution >= 0.6 is 12.4 Å². The molecule has 2 aromatic rings. The maximum absolute atomic E-state index is 12.6. The van der Waals surface area contributed by atoms with E-state index >= 15 is 0 Å². The number of hydrogen-bond donors (Lipinski definition) is 1. The summed E-state index contributed by atoms with van der Waals surface area (Å²) in [7, 11) is 0. The van der Waals surface area contributed by atoms with E-state index in [1.54, 1.807) is 18.3 Å². The van der Waals surface area contributed by atoms with Crippen LogP contribution in [-0.4, -0.2) is 10.9 Å². The summed E-state index contributed by atoms with van der Waals surface area (Å²) >= 11 is 0. The van der Waals surface area contributed by atoms with Crippen LogP contribution in [0.15, 0.2) is 48.8 Å². The van der Waals surface area contributed by atoms with Crippen LogP contribution in [0.2, 0.25) is 0 Å². The molecule has 18 heavy (non-hydrogen) atoms. The van der Waals surface area contributed by atoms with Crippen LogP contribution in [0, 0.1) is 5.82 Å². The van der Waals surface area contributed by atoms with Crippen LogP contribution < -0.4 is 10.3 Å². The van der Waals surface area contributed by atoms with Gasteiger partial charge in [-0.25, -0.2) is 4.39 Å². The SMILES string of the molecule is Cl.O=C(NOc1ccc(F)cc1)c1cccnc1. The lowest BCUT2D eigenvalue weighted by Crippen LogP contribution is -2.26. The molecule has 0 aliphatic carbocycles. The minimum Gasteiger partial charge on any atom is -0.379 e. The highest BCUT2D eigenvalue weighted by Crippen LogP contribution is 2.09. The number of carbonyl (C=O) groups is 1. The van der Waals surface area contributed by atoms with E-state index in [1.165, 1.54) is 30.5 Å². The number of halogens is 2. The highest BCUT2D eigenvalue weighted by molar-refractivity contribution is 5.93. The zero-order chi connectivity index (χ0) is 12.1. The molecule has 94 valence electrons. The number of nitrogens with one attached hydrogen (secondary N) is 1. The van der Waals surface area contributed by atoms with E-state index in [1.807, 2.05) is 0 Å². The van der Waals surface area contributed by atoms with E-state index in [4.69, 9.17) is 4.84 Å². The van der Waals surface area contributed by atoms with Crippen molar-refractivity contribution in [1.82, 2.24) is 10.5 Å². The molecular formula is C12H10ClFN2O2. The largest absolute Gasteiger partial charge is 0.379 e. The number of carbonyl (C=O) groups excluding carboxylic acids is 1. The third-order valence-corrected chi connectivity index (χ3v) is 2.00. The fraction of sp³-hybridized carbons (Fsp3) is 0. The van der Waals surface area contributed by atoms with Gasteiger partial charge in [0.2, 0.25) is 0 Å². The standard InChI is InChI=1S/C12H9FN2O2.ClH/c13-10-3-5-11(6-4-10)17-15-12(16)9-2-1-7-14-8-9;/h1-8H,(H,15,16);1H. The highest BCUT2D eigenvalue weighted by atomic mass is 35.5. The predicted molar refractivity (Wildman–Crippen MR) is 66.0 cm³/mol. The fourth-order valence-electron chi connectivity index (χ4n) is 1.16. The van der Waals surface area contributed by atoms with Gasteiger partial charge in [-0.15, -0.1) is 12.4 Å². The molecule has 0 spiro atoms. The number of benzene rings is 1. The first-order valence-corrected chi connectivity index (χ1v) is 4.88. The second-order valence-electron chi connectivity index (χ2n) is 3.23. The van der Waals surface area contributed by atoms with Crippen LogP contribution in [0.1, 0.15) is 10.4 Å². The van der Waals surface area contributed by atoms with E-state index in [2.05, 4.69) is 10.5 Å². The van der Waals surface area contributed by atoms with Crippen molar-refractivity contribution < 1.29 is 14.0 Å². The van der Waals surface area contributed by atoms with Gasteiger partial charge in [0.15, 0.2) is 5.75 Å². The molecule has 0 atom stereocenters. The lowest BCUT2D eigenvalue weighted by Gasteiger charge is -2.06. The summed E-state index contributed by atoms with van der Waals surface area (Å²) < 4.78 is 12.6. The first-order chi connectivity index (χ1) is 8.25. The molecule has 6 heteroatoms. The zero-order valence-corrected chi connectivity index (χ0v) is 9.99. The Balaban J connectivity index is 0.00000162. The van der Waals surface area contributed by atoms with Gasteiger partial charge in [-0.05, 0) is 36.4 Å². The van der Waals surface area contributed by atoms with Crippen LogP contribution in [-0.2, 0) is 0 Å². The van der Waals surface area contributed by atoms with Gasteiger partial charge in [-0.3, -0.25) is 9.78 Å². The topological polar surface area (TPSA) is 51.2 Å². The number of amides is 1. The van der Waals surface area contributed by atoms with Gasteiger partial charge in [0.1, 0.15) is 5.82 Å². The maximum Gasteiger partial charge on any atom is 0.285 e. The minimum absolute atomic E-state index is 0. The molecule has 1 N–H and O–H groups in total. The molecule has 0 saturated heterocycles. The molecule has 1 amide bonds. The predicted octanol–water partition coefficient (Wildman–Crippen LogP) is 2.37. The molecule has 0 aliphatic heterocycles. The zero-order valence-electron chi connectivity index (χ0n) is 9.17. The van der Waals surface area contributed by atoms with Gasteiger partial charge < -0.3 is 4.84 Å². The highest BCUT2D eigenvalue weighted by Gasteiger charge is 2.05. The summed E-state index contributed by atoms with van der Waals surface area (Å²) in [6, 6.07) is 8.57. The first-order valence-electron chi connectivity index (χ1n) is 4.88. The van der Waals surface area contributed by atoms with Crippen molar-refractivity contribution in [2.75, 3.05) is 0 Å². The number of hydroxylamine groups is 1. The molecule has 1 aromatic heterocycles. The first kappa shape index (κ1) is 13.9. The van der Waals surface area contributed by atoms with Gasteiger partial charge >= 0.3 is 0 Å². The Morgan fingerprint density at radius 1 is 1.22 bits per heavy atom. The summed E-state index contributed by atoms with van der Waals surface area (Å²) in [4.78, 5) is 20.3. The normalized spacial score (nSPS) is 9.17. The number of nitrogens with zero attached hydrogens (tertiary/aromatic N) is 1. The van der Waals surface area contributed by atoms with E-state index in [9.17, 15) is 9.18 Å². The number of rotatable bonds is 3. The Labute approximate surface area is 109 Å². The minimum atomic E-state index is -0.414. The van der Waals surface area contributed by atoms with Gasteiger partial charge in [-0.1, -0.05) is 0 Å². The van der Waals surface area contributed by atoms with Crippen molar-refractivity contribution in [1.29, 1.82) is 0 Å². The molecule has 1 heterocycles. The lowest BCUT2D eigenvalue weighted by molar-refractivity contribution is 0.0759. The monoisotopic (exact) mass is 268 g/mol. The molecule has 0 radical (unpaired) electrons. The Bertz CT molecular complexity index is 505. The van der Waals surface area contributed by atoms with Crippen LogP contribution in [0.3, 0.4) is 0 Å². The van der Waals surface area contributed by atoms with Gasteiger partial charge in [0.25, 0.3) is 5.91 Å². The Kier molecular flexibility index (Phi) is 5.07. The van der Waals surface area contributed by atoms with Gasteiger partial charge in [-0.2, -0.15) is 5.48 Å². The summed E-state index contributed by atoms with van der Waals surface area (Å²) in [5, 5.41) is 0. The molecule has 4 nitrogen and oxygen atoms in total. The quantitative estimate of drug-likeness (QED) is 0.870. The van der Waals surface area contributed by atoms with E-state index in [0.29, 0.717) is 11.3 Å². The molecule has 0 aliphatic rings. The number of hydrogen-bond acceptors (Lipinski definition) is 3. The van der Waals surface area contributed by atoms with Crippen LogP contribution in [0.5, 0.6) is 5.75 Å². The molecular weight excluding hydrogens is 259 g/mol. The molecule has 0 saturated carbocycles. The summed E-state index contributed by atoms with van der Waals surface area (Å²) in [6.45, 7) is 0. The van der Waals surface area contributed by atoms with E-state index in [-0.39, 0.29) is 18.2 Å².